The number of likely N-dealkylation sites (tertiary alicyclic amines) is 1. The van der Waals surface area contributed by atoms with E-state index in [1.165, 1.54) is 0 Å². The summed E-state index contributed by atoms with van der Waals surface area (Å²) in [5.41, 5.74) is 3.20. The van der Waals surface area contributed by atoms with Crippen molar-refractivity contribution in [1.29, 1.82) is 0 Å². The van der Waals surface area contributed by atoms with Gasteiger partial charge in [-0.25, -0.2) is 4.39 Å². The SMILES string of the molecule is COc1ccccc1-c1cc(C2=CCCN(C(=O)CCn3ccnn3)C2)c(F)c2[nH]c(C(=O)N3CCC4(CCO4)CC3)cc12. The Hall–Kier alpha value is -4.51. The molecule has 1 N–H and O–H groups in total. The molecular formula is C33H35FN6O4. The third-order valence-corrected chi connectivity index (χ3v) is 9.28. The van der Waals surface area contributed by atoms with Gasteiger partial charge in [-0.05, 0) is 55.0 Å². The lowest BCUT2D eigenvalue weighted by Gasteiger charge is -2.47. The highest BCUT2D eigenvalue weighted by Gasteiger charge is 2.42. The van der Waals surface area contributed by atoms with Crippen molar-refractivity contribution in [3.05, 3.63) is 71.9 Å². The van der Waals surface area contributed by atoms with Crippen LogP contribution in [0.1, 0.15) is 48.2 Å². The summed E-state index contributed by atoms with van der Waals surface area (Å²) in [6.07, 6.45) is 8.85. The molecule has 0 aliphatic carbocycles. The molecule has 2 amide bonds. The van der Waals surface area contributed by atoms with Gasteiger partial charge < -0.3 is 24.3 Å². The number of nitrogens with zero attached hydrogens (tertiary/aromatic N) is 5. The fraction of sp³-hybridized carbons (Fsp3) is 0.394. The second kappa shape index (κ2) is 11.5. The average molecular weight is 599 g/mol. The third-order valence-electron chi connectivity index (χ3n) is 9.28. The van der Waals surface area contributed by atoms with Crippen LogP contribution in [0.4, 0.5) is 4.39 Å². The molecular weight excluding hydrogens is 563 g/mol. The summed E-state index contributed by atoms with van der Waals surface area (Å²) in [7, 11) is 1.61. The fourth-order valence-corrected chi connectivity index (χ4v) is 6.64. The Labute approximate surface area is 254 Å². The zero-order chi connectivity index (χ0) is 30.3. The van der Waals surface area contributed by atoms with Gasteiger partial charge in [0, 0.05) is 55.3 Å². The van der Waals surface area contributed by atoms with E-state index in [-0.39, 0.29) is 35.9 Å². The minimum atomic E-state index is -0.443. The average Bonchev–Trinajstić information content (AvgIpc) is 3.74. The fourth-order valence-electron chi connectivity index (χ4n) is 6.64. The van der Waals surface area contributed by atoms with Crippen molar-refractivity contribution in [2.75, 3.05) is 39.9 Å². The van der Waals surface area contributed by atoms with E-state index in [4.69, 9.17) is 9.47 Å². The maximum Gasteiger partial charge on any atom is 0.270 e. The minimum absolute atomic E-state index is 0.0269. The summed E-state index contributed by atoms with van der Waals surface area (Å²) < 4.78 is 29.6. The van der Waals surface area contributed by atoms with Gasteiger partial charge in [-0.3, -0.25) is 14.3 Å². The number of hydrogen-bond acceptors (Lipinski definition) is 6. The first kappa shape index (κ1) is 28.3. The number of para-hydroxylation sites is 1. The Morgan fingerprint density at radius 2 is 1.89 bits per heavy atom. The molecule has 7 rings (SSSR count). The zero-order valence-electron chi connectivity index (χ0n) is 24.7. The van der Waals surface area contributed by atoms with Crippen molar-refractivity contribution >= 4 is 28.3 Å². The smallest absolute Gasteiger partial charge is 0.270 e. The molecule has 44 heavy (non-hydrogen) atoms. The zero-order valence-corrected chi connectivity index (χ0v) is 24.7. The Bertz CT molecular complexity index is 1730. The minimum Gasteiger partial charge on any atom is -0.496 e. The lowest BCUT2D eigenvalue weighted by molar-refractivity contribution is -0.169. The molecule has 5 heterocycles. The molecule has 0 bridgehead atoms. The number of hydrogen-bond donors (Lipinski definition) is 1. The number of aromatic amines is 1. The number of nitrogens with one attached hydrogen (secondary N) is 1. The van der Waals surface area contributed by atoms with Gasteiger partial charge in [0.2, 0.25) is 5.91 Å². The Kier molecular flexibility index (Phi) is 7.41. The number of carbonyl (C=O) groups excluding carboxylic acids is 2. The number of carbonyl (C=O) groups is 2. The molecule has 3 aliphatic heterocycles. The summed E-state index contributed by atoms with van der Waals surface area (Å²) in [6, 6.07) is 11.2. The number of aryl methyl sites for hydroxylation is 1. The van der Waals surface area contributed by atoms with Gasteiger partial charge >= 0.3 is 0 Å². The van der Waals surface area contributed by atoms with E-state index >= 15 is 4.39 Å². The second-order valence-corrected chi connectivity index (χ2v) is 11.8. The van der Waals surface area contributed by atoms with Gasteiger partial charge in [0.1, 0.15) is 11.4 Å². The molecule has 0 radical (unpaired) electrons. The molecule has 4 aromatic rings. The van der Waals surface area contributed by atoms with Crippen molar-refractivity contribution in [3.63, 3.8) is 0 Å². The number of piperidine rings is 1. The number of methoxy groups -OCH3 is 1. The highest BCUT2D eigenvalue weighted by molar-refractivity contribution is 6.05. The van der Waals surface area contributed by atoms with Crippen LogP contribution in [0.3, 0.4) is 0 Å². The van der Waals surface area contributed by atoms with Crippen LogP contribution in [0.2, 0.25) is 0 Å². The summed E-state index contributed by atoms with van der Waals surface area (Å²) in [4.78, 5) is 33.5. The van der Waals surface area contributed by atoms with Crippen LogP contribution in [0.15, 0.2) is 54.9 Å². The first-order valence-electron chi connectivity index (χ1n) is 15.2. The van der Waals surface area contributed by atoms with Crippen molar-refractivity contribution in [2.24, 2.45) is 0 Å². The lowest BCUT2D eigenvalue weighted by Crippen LogP contribution is -2.53. The predicted octanol–water partition coefficient (Wildman–Crippen LogP) is 4.68. The number of rotatable bonds is 7. The number of benzene rings is 2. The number of amides is 2. The maximum absolute atomic E-state index is 16.5. The summed E-state index contributed by atoms with van der Waals surface area (Å²) in [6.45, 7) is 3.27. The summed E-state index contributed by atoms with van der Waals surface area (Å²) in [5, 5.41) is 8.33. The number of halogens is 1. The standard InChI is InChI=1S/C33H35FN6O4/c1-43-28-7-3-2-6-23(28)25-19-24(22-5-4-13-39(21-22)29(41)8-14-40-17-12-35-37-40)30(34)31-26(25)20-27(36-31)32(42)38-15-9-33(10-16-38)11-18-44-33/h2-3,5-7,12,17,19-20,36H,4,8-11,13-16,18,21H2,1H3. The highest BCUT2D eigenvalue weighted by Crippen LogP contribution is 2.41. The number of fused-ring (bicyclic) bond motifs is 1. The number of aromatic nitrogens is 4. The van der Waals surface area contributed by atoms with Crippen molar-refractivity contribution in [1.82, 2.24) is 29.8 Å². The van der Waals surface area contributed by atoms with Crippen molar-refractivity contribution in [2.45, 2.75) is 44.2 Å². The van der Waals surface area contributed by atoms with Gasteiger partial charge in [-0.2, -0.15) is 0 Å². The second-order valence-electron chi connectivity index (χ2n) is 11.8. The Morgan fingerprint density at radius 1 is 1.07 bits per heavy atom. The van der Waals surface area contributed by atoms with E-state index in [2.05, 4.69) is 15.3 Å². The van der Waals surface area contributed by atoms with E-state index in [0.717, 1.165) is 42.6 Å². The molecule has 0 saturated carbocycles. The summed E-state index contributed by atoms with van der Waals surface area (Å²) in [5.74, 6) is 0.0235. The van der Waals surface area contributed by atoms with Crippen LogP contribution >= 0.6 is 0 Å². The van der Waals surface area contributed by atoms with E-state index < -0.39 is 5.82 Å². The number of ether oxygens (including phenoxy) is 2. The van der Waals surface area contributed by atoms with E-state index in [0.29, 0.717) is 55.0 Å². The third kappa shape index (κ3) is 5.15. The molecule has 228 valence electrons. The van der Waals surface area contributed by atoms with Gasteiger partial charge in [0.25, 0.3) is 5.91 Å². The van der Waals surface area contributed by atoms with Crippen LogP contribution in [-0.2, 0) is 16.1 Å². The monoisotopic (exact) mass is 598 g/mol. The van der Waals surface area contributed by atoms with Gasteiger partial charge in [0.15, 0.2) is 5.82 Å². The molecule has 2 aromatic heterocycles. The van der Waals surface area contributed by atoms with Gasteiger partial charge in [0.05, 0.1) is 37.6 Å². The number of H-pyrrole nitrogens is 1. The van der Waals surface area contributed by atoms with Crippen LogP contribution in [0.25, 0.3) is 27.6 Å². The molecule has 0 unspecified atom stereocenters. The van der Waals surface area contributed by atoms with Crippen molar-refractivity contribution in [3.8, 4) is 16.9 Å². The van der Waals surface area contributed by atoms with E-state index in [1.807, 2.05) is 41.3 Å². The van der Waals surface area contributed by atoms with Crippen LogP contribution in [0, 0.1) is 5.82 Å². The molecule has 0 atom stereocenters. The quantitative estimate of drug-likeness (QED) is 0.331. The topological polar surface area (TPSA) is 106 Å². The van der Waals surface area contributed by atoms with Crippen LogP contribution in [-0.4, -0.2) is 87.1 Å². The van der Waals surface area contributed by atoms with Gasteiger partial charge in [-0.1, -0.05) is 29.5 Å². The van der Waals surface area contributed by atoms with Crippen LogP contribution in [0.5, 0.6) is 5.75 Å². The maximum atomic E-state index is 16.5. The lowest BCUT2D eigenvalue weighted by atomic mass is 9.84. The summed E-state index contributed by atoms with van der Waals surface area (Å²) >= 11 is 0. The Balaban J connectivity index is 1.23. The molecule has 2 aromatic carbocycles. The first-order chi connectivity index (χ1) is 21.4. The van der Waals surface area contributed by atoms with E-state index in [9.17, 15) is 9.59 Å². The normalized spacial score (nSPS) is 17.9. The Morgan fingerprint density at radius 3 is 2.61 bits per heavy atom. The molecule has 1 spiro atoms. The molecule has 10 nitrogen and oxygen atoms in total. The predicted molar refractivity (Wildman–Crippen MR) is 162 cm³/mol. The van der Waals surface area contributed by atoms with Crippen molar-refractivity contribution < 1.29 is 23.5 Å². The molecule has 2 saturated heterocycles. The van der Waals surface area contributed by atoms with E-state index in [1.54, 1.807) is 35.2 Å². The highest BCUT2D eigenvalue weighted by atomic mass is 19.1. The van der Waals surface area contributed by atoms with Crippen LogP contribution < -0.4 is 4.74 Å². The molecule has 11 heteroatoms. The molecule has 2 fully saturated rings. The molecule has 3 aliphatic rings. The van der Waals surface area contributed by atoms with Gasteiger partial charge in [-0.15, -0.1) is 5.10 Å². The first-order valence-corrected chi connectivity index (χ1v) is 15.2. The largest absolute Gasteiger partial charge is 0.496 e.